The number of hydrogen-bond acceptors (Lipinski definition) is 3. The number of carbonyl (C=O) groups is 1. The van der Waals surface area contributed by atoms with Crippen LogP contribution < -0.4 is 5.32 Å². The van der Waals surface area contributed by atoms with Crippen LogP contribution in [0.2, 0.25) is 5.15 Å². The lowest BCUT2D eigenvalue weighted by atomic mass is 10.2. The fourth-order valence-corrected chi connectivity index (χ4v) is 2.50. The number of halogens is 2. The van der Waals surface area contributed by atoms with Gasteiger partial charge in [-0.25, -0.2) is 9.97 Å². The van der Waals surface area contributed by atoms with E-state index >= 15 is 0 Å². The maximum atomic E-state index is 11.7. The lowest BCUT2D eigenvalue weighted by Crippen LogP contribution is -2.14. The predicted molar refractivity (Wildman–Crippen MR) is 78.6 cm³/mol. The van der Waals surface area contributed by atoms with E-state index in [-0.39, 0.29) is 11.8 Å². The van der Waals surface area contributed by atoms with Crippen molar-refractivity contribution in [3.8, 4) is 0 Å². The molecule has 18 heavy (non-hydrogen) atoms. The molecule has 0 unspecified atom stereocenters. The number of hydrogen-bond donors (Lipinski definition) is 1. The van der Waals surface area contributed by atoms with Gasteiger partial charge in [-0.2, -0.15) is 0 Å². The molecule has 0 aromatic carbocycles. The van der Waals surface area contributed by atoms with Crippen LogP contribution in [0.3, 0.4) is 0 Å². The Kier molecular flexibility index (Phi) is 3.11. The number of anilines is 1. The number of nitrogens with one attached hydrogen (secondary N) is 1. The summed E-state index contributed by atoms with van der Waals surface area (Å²) in [5.74, 6) is 0.791. The number of aromatic nitrogens is 2. The average Bonchev–Trinajstić information content (AvgIpc) is 3.18. The smallest absolute Gasteiger partial charge is 0.228 e. The van der Waals surface area contributed by atoms with E-state index in [2.05, 4.69) is 37.9 Å². The Morgan fingerprint density at radius 3 is 2.83 bits per heavy atom. The zero-order chi connectivity index (χ0) is 12.7. The van der Waals surface area contributed by atoms with E-state index in [9.17, 15) is 4.79 Å². The van der Waals surface area contributed by atoms with E-state index in [0.717, 1.165) is 27.2 Å². The van der Waals surface area contributed by atoms with Gasteiger partial charge in [-0.3, -0.25) is 4.79 Å². The van der Waals surface area contributed by atoms with Crippen molar-refractivity contribution in [1.82, 2.24) is 9.97 Å². The largest absolute Gasteiger partial charge is 0.310 e. The van der Waals surface area contributed by atoms with Gasteiger partial charge in [-0.1, -0.05) is 11.6 Å². The first kappa shape index (κ1) is 12.1. The Morgan fingerprint density at radius 2 is 2.11 bits per heavy atom. The lowest BCUT2D eigenvalue weighted by Gasteiger charge is -2.06. The van der Waals surface area contributed by atoms with Gasteiger partial charge in [-0.05, 0) is 41.5 Å². The van der Waals surface area contributed by atoms with Gasteiger partial charge in [0.1, 0.15) is 11.0 Å². The third-order valence-electron chi connectivity index (χ3n) is 2.87. The monoisotopic (exact) mass is 373 g/mol. The highest BCUT2D eigenvalue weighted by Gasteiger charge is 2.29. The number of nitrogens with zero attached hydrogens (tertiary/aromatic N) is 2. The van der Waals surface area contributed by atoms with E-state index in [1.54, 1.807) is 12.4 Å². The Balaban J connectivity index is 1.99. The molecule has 6 heteroatoms. The number of pyridine rings is 2. The molecule has 2 aromatic rings. The molecule has 0 aliphatic heterocycles. The van der Waals surface area contributed by atoms with Crippen molar-refractivity contribution < 1.29 is 4.79 Å². The summed E-state index contributed by atoms with van der Waals surface area (Å²) in [6.07, 6.45) is 5.31. The second-order valence-electron chi connectivity index (χ2n) is 4.28. The molecule has 0 radical (unpaired) electrons. The van der Waals surface area contributed by atoms with Crippen molar-refractivity contribution in [2.75, 3.05) is 5.32 Å². The van der Waals surface area contributed by atoms with Gasteiger partial charge in [0.05, 0.1) is 0 Å². The van der Waals surface area contributed by atoms with Crippen LogP contribution in [0.4, 0.5) is 5.82 Å². The molecule has 1 saturated carbocycles. The third kappa shape index (κ3) is 2.29. The summed E-state index contributed by atoms with van der Waals surface area (Å²) < 4.78 is 0.983. The number of rotatable bonds is 2. The van der Waals surface area contributed by atoms with Crippen LogP contribution in [0.5, 0.6) is 0 Å². The molecular formula is C12H9ClIN3O. The molecule has 4 nitrogen and oxygen atoms in total. The fourth-order valence-electron chi connectivity index (χ4n) is 1.71. The Morgan fingerprint density at radius 1 is 1.33 bits per heavy atom. The normalized spacial score (nSPS) is 14.8. The maximum Gasteiger partial charge on any atom is 0.228 e. The predicted octanol–water partition coefficient (Wildman–Crippen LogP) is 3.24. The summed E-state index contributed by atoms with van der Waals surface area (Å²) in [6.45, 7) is 0. The van der Waals surface area contributed by atoms with Gasteiger partial charge in [-0.15, -0.1) is 0 Å². The van der Waals surface area contributed by atoms with Gasteiger partial charge in [0.2, 0.25) is 5.91 Å². The minimum absolute atomic E-state index is 0.0528. The summed E-state index contributed by atoms with van der Waals surface area (Å²) in [4.78, 5) is 19.9. The molecular weight excluding hydrogens is 365 g/mol. The van der Waals surface area contributed by atoms with Gasteiger partial charge >= 0.3 is 0 Å². The average molecular weight is 374 g/mol. The lowest BCUT2D eigenvalue weighted by molar-refractivity contribution is -0.117. The first-order valence-electron chi connectivity index (χ1n) is 5.56. The third-order valence-corrected chi connectivity index (χ3v) is 4.03. The summed E-state index contributed by atoms with van der Waals surface area (Å²) >= 11 is 8.19. The molecule has 1 N–H and O–H groups in total. The number of amides is 1. The second-order valence-corrected chi connectivity index (χ2v) is 5.80. The quantitative estimate of drug-likeness (QED) is 0.649. The highest BCUT2D eigenvalue weighted by molar-refractivity contribution is 14.1. The van der Waals surface area contributed by atoms with Crippen LogP contribution in [-0.2, 0) is 4.79 Å². The molecule has 2 heterocycles. The van der Waals surface area contributed by atoms with Crippen molar-refractivity contribution in [1.29, 1.82) is 0 Å². The maximum absolute atomic E-state index is 11.7. The highest BCUT2D eigenvalue weighted by Crippen LogP contribution is 2.31. The molecule has 1 aliphatic carbocycles. The molecule has 2 aromatic heterocycles. The van der Waals surface area contributed by atoms with E-state index in [1.165, 1.54) is 0 Å². The summed E-state index contributed by atoms with van der Waals surface area (Å²) in [7, 11) is 0. The van der Waals surface area contributed by atoms with Crippen LogP contribution >= 0.6 is 34.2 Å². The zero-order valence-electron chi connectivity index (χ0n) is 9.28. The van der Waals surface area contributed by atoms with Crippen LogP contribution in [0.15, 0.2) is 18.5 Å². The van der Waals surface area contributed by atoms with E-state index < -0.39 is 0 Å². The fraction of sp³-hybridized carbons (Fsp3) is 0.250. The topological polar surface area (TPSA) is 54.9 Å². The Hall–Kier alpha value is -0.950. The number of carbonyl (C=O) groups excluding carboxylic acids is 1. The Labute approximate surface area is 122 Å². The van der Waals surface area contributed by atoms with Crippen molar-refractivity contribution in [2.24, 2.45) is 5.92 Å². The van der Waals surface area contributed by atoms with Crippen molar-refractivity contribution in [3.63, 3.8) is 0 Å². The van der Waals surface area contributed by atoms with Gasteiger partial charge in [0.15, 0.2) is 0 Å². The summed E-state index contributed by atoms with van der Waals surface area (Å²) in [5, 5.41) is 5.01. The van der Waals surface area contributed by atoms with Crippen molar-refractivity contribution >= 4 is 56.7 Å². The molecule has 0 atom stereocenters. The molecule has 3 rings (SSSR count). The highest BCUT2D eigenvalue weighted by atomic mass is 127. The first-order chi connectivity index (χ1) is 8.65. The SMILES string of the molecule is O=C(Nc1cc2c(I)cnc(Cl)c2cn1)C1CC1. The van der Waals surface area contributed by atoms with Crippen LogP contribution in [-0.4, -0.2) is 15.9 Å². The second kappa shape index (κ2) is 4.62. The molecule has 0 spiro atoms. The first-order valence-corrected chi connectivity index (χ1v) is 7.01. The number of fused-ring (bicyclic) bond motifs is 1. The van der Waals surface area contributed by atoms with Gasteiger partial charge in [0, 0.05) is 32.7 Å². The minimum Gasteiger partial charge on any atom is -0.310 e. The van der Waals surface area contributed by atoms with Gasteiger partial charge < -0.3 is 5.32 Å². The van der Waals surface area contributed by atoms with Crippen molar-refractivity contribution in [3.05, 3.63) is 27.2 Å². The molecule has 0 saturated heterocycles. The van der Waals surface area contributed by atoms with Crippen LogP contribution in [0.1, 0.15) is 12.8 Å². The summed E-state index contributed by atoms with van der Waals surface area (Å²) in [6, 6.07) is 1.84. The molecule has 1 fully saturated rings. The molecule has 1 aliphatic rings. The zero-order valence-corrected chi connectivity index (χ0v) is 12.2. The Bertz CT molecular complexity index is 643. The van der Waals surface area contributed by atoms with Crippen LogP contribution in [0.25, 0.3) is 10.8 Å². The summed E-state index contributed by atoms with van der Waals surface area (Å²) in [5.41, 5.74) is 0. The van der Waals surface area contributed by atoms with E-state index in [0.29, 0.717) is 11.0 Å². The minimum atomic E-state index is 0.0528. The molecule has 0 bridgehead atoms. The molecule has 1 amide bonds. The molecule has 92 valence electrons. The van der Waals surface area contributed by atoms with Crippen LogP contribution in [0, 0.1) is 9.49 Å². The van der Waals surface area contributed by atoms with E-state index in [1.807, 2.05) is 6.07 Å². The van der Waals surface area contributed by atoms with E-state index in [4.69, 9.17) is 11.6 Å². The standard InChI is InChI=1S/C12H9ClIN3O/c13-11-8-4-15-10(17-12(18)6-1-2-6)3-7(8)9(14)5-16-11/h3-6H,1-2H2,(H,15,17,18). The van der Waals surface area contributed by atoms with Crippen molar-refractivity contribution in [2.45, 2.75) is 12.8 Å². The van der Waals surface area contributed by atoms with Gasteiger partial charge in [0.25, 0.3) is 0 Å².